The van der Waals surface area contributed by atoms with Crippen LogP contribution in [0.25, 0.3) is 0 Å². The molecule has 2 saturated heterocycles. The summed E-state index contributed by atoms with van der Waals surface area (Å²) in [6.45, 7) is 8.02. The van der Waals surface area contributed by atoms with Gasteiger partial charge in [0.2, 0.25) is 0 Å². The van der Waals surface area contributed by atoms with Crippen molar-refractivity contribution in [2.24, 2.45) is 5.92 Å². The van der Waals surface area contributed by atoms with Gasteiger partial charge >= 0.3 is 0 Å². The molecular formula is C24H32N2O. The first-order valence-corrected chi connectivity index (χ1v) is 10.4. The normalized spacial score (nSPS) is 27.9. The molecule has 0 aliphatic carbocycles. The maximum Gasteiger partial charge on any atom is 0.0798 e. The highest BCUT2D eigenvalue weighted by Crippen LogP contribution is 2.32. The molecule has 0 aromatic heterocycles. The fourth-order valence-electron chi connectivity index (χ4n) is 4.86. The van der Waals surface area contributed by atoms with Crippen molar-refractivity contribution in [2.75, 3.05) is 32.7 Å². The van der Waals surface area contributed by atoms with Gasteiger partial charge in [-0.1, -0.05) is 60.7 Å². The number of β-amino-alcohol motifs (C(OH)–C–C–N with tert-alkyl or cyclic N) is 1. The van der Waals surface area contributed by atoms with Gasteiger partial charge in [0.15, 0.2) is 0 Å². The third-order valence-electron chi connectivity index (χ3n) is 6.49. The summed E-state index contributed by atoms with van der Waals surface area (Å²) in [5.41, 5.74) is 2.22. The van der Waals surface area contributed by atoms with Gasteiger partial charge in [-0.2, -0.15) is 0 Å². The van der Waals surface area contributed by atoms with Gasteiger partial charge in [0.05, 0.1) is 5.60 Å². The summed E-state index contributed by atoms with van der Waals surface area (Å²) >= 11 is 0. The number of piperidine rings is 1. The second-order valence-corrected chi connectivity index (χ2v) is 8.69. The number of benzene rings is 2. The summed E-state index contributed by atoms with van der Waals surface area (Å²) < 4.78 is 0. The van der Waals surface area contributed by atoms with Crippen LogP contribution in [0.15, 0.2) is 60.7 Å². The SMILES string of the molecule is CC1(O)CN(Cc2ccccc2)CC1CN1CCC(c2ccccc2)CC1. The van der Waals surface area contributed by atoms with E-state index >= 15 is 0 Å². The Bertz CT molecular complexity index is 708. The lowest BCUT2D eigenvalue weighted by molar-refractivity contribution is 0.0135. The molecule has 2 unspecified atom stereocenters. The van der Waals surface area contributed by atoms with E-state index in [1.54, 1.807) is 0 Å². The summed E-state index contributed by atoms with van der Waals surface area (Å²) in [7, 11) is 0. The minimum atomic E-state index is -0.592. The van der Waals surface area contributed by atoms with Crippen LogP contribution in [-0.2, 0) is 6.54 Å². The zero-order valence-electron chi connectivity index (χ0n) is 16.4. The first-order valence-electron chi connectivity index (χ1n) is 10.4. The molecule has 2 atom stereocenters. The quantitative estimate of drug-likeness (QED) is 0.875. The zero-order chi connectivity index (χ0) is 18.7. The molecule has 2 aromatic rings. The largest absolute Gasteiger partial charge is 0.388 e. The van der Waals surface area contributed by atoms with Crippen LogP contribution >= 0.6 is 0 Å². The minimum absolute atomic E-state index is 0.328. The van der Waals surface area contributed by atoms with Crippen LogP contribution in [0.1, 0.15) is 36.8 Å². The Balaban J connectivity index is 1.30. The summed E-state index contributed by atoms with van der Waals surface area (Å²) in [5.74, 6) is 1.02. The zero-order valence-corrected chi connectivity index (χ0v) is 16.4. The maximum atomic E-state index is 11.0. The van der Waals surface area contributed by atoms with Crippen LogP contribution in [0.4, 0.5) is 0 Å². The number of nitrogens with zero attached hydrogens (tertiary/aromatic N) is 2. The molecule has 2 aliphatic rings. The molecule has 4 rings (SSSR count). The van der Waals surface area contributed by atoms with Crippen molar-refractivity contribution in [3.63, 3.8) is 0 Å². The Morgan fingerprint density at radius 1 is 0.926 bits per heavy atom. The second-order valence-electron chi connectivity index (χ2n) is 8.69. The summed E-state index contributed by atoms with van der Waals surface area (Å²) in [4.78, 5) is 4.99. The molecule has 0 amide bonds. The summed E-state index contributed by atoms with van der Waals surface area (Å²) in [5, 5.41) is 11.0. The van der Waals surface area contributed by atoms with E-state index in [0.717, 1.165) is 39.3 Å². The lowest BCUT2D eigenvalue weighted by Gasteiger charge is -2.36. The number of hydrogen-bond donors (Lipinski definition) is 1. The third kappa shape index (κ3) is 4.60. The van der Waals surface area contributed by atoms with E-state index in [0.29, 0.717) is 11.8 Å². The fourth-order valence-corrected chi connectivity index (χ4v) is 4.86. The molecule has 27 heavy (non-hydrogen) atoms. The van der Waals surface area contributed by atoms with Crippen molar-refractivity contribution in [3.05, 3.63) is 71.8 Å². The van der Waals surface area contributed by atoms with Crippen LogP contribution in [0.3, 0.4) is 0 Å². The molecule has 3 heteroatoms. The Hall–Kier alpha value is -1.68. The third-order valence-corrected chi connectivity index (χ3v) is 6.49. The minimum Gasteiger partial charge on any atom is -0.388 e. The number of likely N-dealkylation sites (tertiary alicyclic amines) is 2. The lowest BCUT2D eigenvalue weighted by atomic mass is 9.87. The van der Waals surface area contributed by atoms with Crippen LogP contribution in [0.5, 0.6) is 0 Å². The standard InChI is InChI=1S/C24H32N2O/c1-24(27)19-26(16-20-8-4-2-5-9-20)18-23(24)17-25-14-12-22(13-15-25)21-10-6-3-7-11-21/h2-11,22-23,27H,12-19H2,1H3. The average molecular weight is 365 g/mol. The van der Waals surface area contributed by atoms with Crippen LogP contribution in [-0.4, -0.2) is 53.2 Å². The molecule has 0 saturated carbocycles. The van der Waals surface area contributed by atoms with Gasteiger partial charge in [-0.3, -0.25) is 4.90 Å². The molecule has 2 aliphatic heterocycles. The van der Waals surface area contributed by atoms with E-state index < -0.39 is 5.60 Å². The van der Waals surface area contributed by atoms with Crippen molar-refractivity contribution < 1.29 is 5.11 Å². The van der Waals surface area contributed by atoms with Crippen molar-refractivity contribution in [1.29, 1.82) is 0 Å². The van der Waals surface area contributed by atoms with Gasteiger partial charge in [-0.05, 0) is 49.9 Å². The van der Waals surface area contributed by atoms with E-state index in [-0.39, 0.29) is 0 Å². The maximum absolute atomic E-state index is 11.0. The van der Waals surface area contributed by atoms with Crippen LogP contribution < -0.4 is 0 Å². The molecular weight excluding hydrogens is 332 g/mol. The molecule has 0 bridgehead atoms. The smallest absolute Gasteiger partial charge is 0.0798 e. The van der Waals surface area contributed by atoms with Crippen LogP contribution in [0.2, 0.25) is 0 Å². The predicted octanol–water partition coefficient (Wildman–Crippen LogP) is 3.75. The topological polar surface area (TPSA) is 26.7 Å². The monoisotopic (exact) mass is 364 g/mol. The fraction of sp³-hybridized carbons (Fsp3) is 0.500. The average Bonchev–Trinajstić information content (AvgIpc) is 2.97. The van der Waals surface area contributed by atoms with Crippen LogP contribution in [0, 0.1) is 5.92 Å². The Kier molecular flexibility index (Phi) is 5.63. The van der Waals surface area contributed by atoms with E-state index in [1.165, 1.54) is 24.0 Å². The van der Waals surface area contributed by atoms with Gasteiger partial charge in [0.25, 0.3) is 0 Å². The molecule has 2 aromatic carbocycles. The highest BCUT2D eigenvalue weighted by molar-refractivity contribution is 5.20. The second kappa shape index (κ2) is 8.14. The molecule has 0 radical (unpaired) electrons. The van der Waals surface area contributed by atoms with Gasteiger partial charge in [0, 0.05) is 32.1 Å². The Morgan fingerprint density at radius 3 is 2.22 bits per heavy atom. The van der Waals surface area contributed by atoms with E-state index in [4.69, 9.17) is 0 Å². The molecule has 2 fully saturated rings. The number of hydrogen-bond acceptors (Lipinski definition) is 3. The van der Waals surface area contributed by atoms with E-state index in [1.807, 2.05) is 6.92 Å². The molecule has 0 spiro atoms. The van der Waals surface area contributed by atoms with E-state index in [2.05, 4.69) is 70.5 Å². The molecule has 2 heterocycles. The first-order chi connectivity index (χ1) is 13.1. The number of rotatable bonds is 5. The van der Waals surface area contributed by atoms with Crippen molar-refractivity contribution in [3.8, 4) is 0 Å². The first kappa shape index (κ1) is 18.7. The lowest BCUT2D eigenvalue weighted by Crippen LogP contribution is -2.44. The van der Waals surface area contributed by atoms with Gasteiger partial charge in [-0.25, -0.2) is 0 Å². The van der Waals surface area contributed by atoms with E-state index in [9.17, 15) is 5.11 Å². The van der Waals surface area contributed by atoms with Gasteiger partial charge < -0.3 is 10.0 Å². The van der Waals surface area contributed by atoms with Crippen molar-refractivity contribution >= 4 is 0 Å². The molecule has 3 nitrogen and oxygen atoms in total. The highest BCUT2D eigenvalue weighted by Gasteiger charge is 2.42. The number of aliphatic hydroxyl groups is 1. The molecule has 1 N–H and O–H groups in total. The van der Waals surface area contributed by atoms with Crippen molar-refractivity contribution in [2.45, 2.75) is 37.8 Å². The van der Waals surface area contributed by atoms with Gasteiger partial charge in [0.1, 0.15) is 0 Å². The highest BCUT2D eigenvalue weighted by atomic mass is 16.3. The summed E-state index contributed by atoms with van der Waals surface area (Å²) in [6, 6.07) is 21.5. The van der Waals surface area contributed by atoms with Gasteiger partial charge in [-0.15, -0.1) is 0 Å². The Labute approximate surface area is 163 Å². The molecule has 144 valence electrons. The predicted molar refractivity (Wildman–Crippen MR) is 111 cm³/mol. The van der Waals surface area contributed by atoms with Crippen molar-refractivity contribution in [1.82, 2.24) is 9.80 Å². The summed E-state index contributed by atoms with van der Waals surface area (Å²) in [6.07, 6.45) is 2.46. The Morgan fingerprint density at radius 2 is 1.56 bits per heavy atom.